The lowest BCUT2D eigenvalue weighted by Crippen LogP contribution is -2.40. The molecule has 1 aliphatic heterocycles. The summed E-state index contributed by atoms with van der Waals surface area (Å²) in [6.07, 6.45) is 17.1. The first-order valence-electron chi connectivity index (χ1n) is 19.2. The number of rotatable bonds is 26. The van der Waals surface area contributed by atoms with E-state index in [2.05, 4.69) is 36.2 Å². The Morgan fingerprint density at radius 3 is 1.86 bits per heavy atom. The van der Waals surface area contributed by atoms with Gasteiger partial charge in [0, 0.05) is 37.9 Å². The second-order valence-corrected chi connectivity index (χ2v) is 13.8. The molecular weight excluding hydrogens is 616 g/mol. The Kier molecular flexibility index (Phi) is 20.2. The van der Waals surface area contributed by atoms with Gasteiger partial charge in [0.2, 0.25) is 5.91 Å². The number of carboxylic acids is 1. The maximum absolute atomic E-state index is 12.2. The third-order valence-corrected chi connectivity index (χ3v) is 9.52. The van der Waals surface area contributed by atoms with Gasteiger partial charge in [0.25, 0.3) is 0 Å². The molecule has 0 aliphatic carbocycles. The van der Waals surface area contributed by atoms with Crippen molar-refractivity contribution in [3.63, 3.8) is 0 Å². The van der Waals surface area contributed by atoms with Crippen LogP contribution in [0, 0.1) is 0 Å². The quantitative estimate of drug-likeness (QED) is 0.0851. The van der Waals surface area contributed by atoms with Crippen LogP contribution >= 0.6 is 0 Å². The number of aliphatic carboxylic acids is 1. The zero-order valence-electron chi connectivity index (χ0n) is 30.4. The third kappa shape index (κ3) is 16.7. The molecule has 1 amide bonds. The van der Waals surface area contributed by atoms with Gasteiger partial charge in [-0.25, -0.2) is 0 Å². The average Bonchev–Trinajstić information content (AvgIpc) is 3.12. The van der Waals surface area contributed by atoms with Crippen LogP contribution in [-0.2, 0) is 32.2 Å². The summed E-state index contributed by atoms with van der Waals surface area (Å²) in [6.45, 7) is 8.05. The molecule has 274 valence electrons. The first-order valence-corrected chi connectivity index (χ1v) is 19.2. The maximum atomic E-state index is 12.2. The Morgan fingerprint density at radius 2 is 1.27 bits per heavy atom. The molecule has 0 radical (unpaired) electrons. The molecule has 0 aromatic heterocycles. The summed E-state index contributed by atoms with van der Waals surface area (Å²) in [5, 5.41) is 21.3. The van der Waals surface area contributed by atoms with E-state index in [-0.39, 0.29) is 31.1 Å². The molecule has 3 rings (SSSR count). The van der Waals surface area contributed by atoms with Gasteiger partial charge in [0.1, 0.15) is 0 Å². The molecule has 0 saturated carbocycles. The molecule has 8 nitrogen and oxygen atoms in total. The van der Waals surface area contributed by atoms with Gasteiger partial charge in [-0.05, 0) is 55.5 Å². The van der Waals surface area contributed by atoms with E-state index in [1.165, 1.54) is 77.0 Å². The second-order valence-electron chi connectivity index (χ2n) is 13.8. The van der Waals surface area contributed by atoms with Gasteiger partial charge in [0.05, 0.1) is 18.8 Å². The van der Waals surface area contributed by atoms with Crippen molar-refractivity contribution in [3.8, 4) is 0 Å². The van der Waals surface area contributed by atoms with E-state index in [1.807, 2.05) is 36.4 Å². The Balaban J connectivity index is 1.65. The van der Waals surface area contributed by atoms with Crippen molar-refractivity contribution in [2.24, 2.45) is 0 Å². The number of amides is 1. The van der Waals surface area contributed by atoms with Crippen LogP contribution in [0.2, 0.25) is 0 Å². The average molecular weight is 681 g/mol. The van der Waals surface area contributed by atoms with Crippen LogP contribution in [0.3, 0.4) is 0 Å². The number of aliphatic hydroxyl groups excluding tert-OH is 1. The zero-order chi connectivity index (χ0) is 35.1. The van der Waals surface area contributed by atoms with E-state index in [0.29, 0.717) is 25.8 Å². The van der Waals surface area contributed by atoms with E-state index in [1.54, 1.807) is 0 Å². The SMILES string of the molecule is CCCCCCCCN(CCCCCCCC)CC1CC(c2ccc(CO)cc2)OC(c2ccc(CNC(=O)CCCCC(=O)O)cc2)O1. The van der Waals surface area contributed by atoms with Gasteiger partial charge >= 0.3 is 5.97 Å². The summed E-state index contributed by atoms with van der Waals surface area (Å²) in [5.41, 5.74) is 3.91. The summed E-state index contributed by atoms with van der Waals surface area (Å²) in [6, 6.07) is 16.1. The van der Waals surface area contributed by atoms with Gasteiger partial charge < -0.3 is 29.9 Å². The fourth-order valence-electron chi connectivity index (χ4n) is 6.49. The molecule has 2 aromatic rings. The molecule has 3 N–H and O–H groups in total. The lowest BCUT2D eigenvalue weighted by atomic mass is 9.99. The summed E-state index contributed by atoms with van der Waals surface area (Å²) in [5.74, 6) is -0.903. The van der Waals surface area contributed by atoms with Crippen molar-refractivity contribution in [1.82, 2.24) is 10.2 Å². The Labute approximate surface area is 296 Å². The van der Waals surface area contributed by atoms with Crippen molar-refractivity contribution in [2.45, 2.75) is 155 Å². The normalized spacial score (nSPS) is 17.8. The molecule has 2 aromatic carbocycles. The number of nitrogens with zero attached hydrogens (tertiary/aromatic N) is 1. The smallest absolute Gasteiger partial charge is 0.303 e. The van der Waals surface area contributed by atoms with Gasteiger partial charge in [-0.3, -0.25) is 9.59 Å². The highest BCUT2D eigenvalue weighted by atomic mass is 16.7. The van der Waals surface area contributed by atoms with Gasteiger partial charge in [-0.1, -0.05) is 127 Å². The van der Waals surface area contributed by atoms with Crippen LogP contribution < -0.4 is 5.32 Å². The first kappa shape index (κ1) is 40.6. The van der Waals surface area contributed by atoms with E-state index in [4.69, 9.17) is 14.6 Å². The Bertz CT molecular complexity index is 1160. The number of unbranched alkanes of at least 4 members (excludes halogenated alkanes) is 11. The van der Waals surface area contributed by atoms with Crippen LogP contribution in [0.25, 0.3) is 0 Å². The molecule has 8 heteroatoms. The van der Waals surface area contributed by atoms with Crippen molar-refractivity contribution >= 4 is 11.9 Å². The zero-order valence-corrected chi connectivity index (χ0v) is 30.4. The number of carboxylic acid groups (broad SMARTS) is 1. The number of hydrogen-bond acceptors (Lipinski definition) is 6. The summed E-state index contributed by atoms with van der Waals surface area (Å²) in [4.78, 5) is 25.6. The molecule has 0 bridgehead atoms. The molecule has 1 saturated heterocycles. The predicted molar refractivity (Wildman–Crippen MR) is 196 cm³/mol. The van der Waals surface area contributed by atoms with Crippen LogP contribution in [0.4, 0.5) is 0 Å². The molecular formula is C41H64N2O6. The van der Waals surface area contributed by atoms with Gasteiger partial charge in [-0.15, -0.1) is 0 Å². The van der Waals surface area contributed by atoms with Crippen LogP contribution in [0.15, 0.2) is 48.5 Å². The van der Waals surface area contributed by atoms with Crippen molar-refractivity contribution in [1.29, 1.82) is 0 Å². The highest BCUT2D eigenvalue weighted by Gasteiger charge is 2.33. The molecule has 1 aliphatic rings. The Morgan fingerprint density at radius 1 is 0.714 bits per heavy atom. The van der Waals surface area contributed by atoms with E-state index < -0.39 is 12.3 Å². The minimum Gasteiger partial charge on any atom is -0.481 e. The highest BCUT2D eigenvalue weighted by molar-refractivity contribution is 5.75. The molecule has 3 unspecified atom stereocenters. The highest BCUT2D eigenvalue weighted by Crippen LogP contribution is 2.38. The summed E-state index contributed by atoms with van der Waals surface area (Å²) in [7, 11) is 0. The number of nitrogens with one attached hydrogen (secondary N) is 1. The summed E-state index contributed by atoms with van der Waals surface area (Å²) < 4.78 is 13.3. The maximum Gasteiger partial charge on any atom is 0.303 e. The lowest BCUT2D eigenvalue weighted by Gasteiger charge is -2.38. The molecule has 3 atom stereocenters. The number of carbonyl (C=O) groups is 2. The summed E-state index contributed by atoms with van der Waals surface area (Å²) >= 11 is 0. The number of carbonyl (C=O) groups excluding carboxylic acids is 1. The monoisotopic (exact) mass is 680 g/mol. The minimum absolute atomic E-state index is 0.0153. The molecule has 1 heterocycles. The fourth-order valence-corrected chi connectivity index (χ4v) is 6.49. The van der Waals surface area contributed by atoms with Gasteiger partial charge in [0.15, 0.2) is 6.29 Å². The van der Waals surface area contributed by atoms with Crippen LogP contribution in [-0.4, -0.2) is 52.7 Å². The number of aliphatic hydroxyl groups is 1. The molecule has 1 fully saturated rings. The molecule has 0 spiro atoms. The minimum atomic E-state index is -0.831. The van der Waals surface area contributed by atoms with Gasteiger partial charge in [-0.2, -0.15) is 0 Å². The van der Waals surface area contributed by atoms with E-state index in [9.17, 15) is 14.7 Å². The fraction of sp³-hybridized carbons (Fsp3) is 0.659. The lowest BCUT2D eigenvalue weighted by molar-refractivity contribution is -0.253. The Hall–Kier alpha value is -2.78. The molecule has 49 heavy (non-hydrogen) atoms. The number of benzene rings is 2. The first-order chi connectivity index (χ1) is 23.9. The van der Waals surface area contributed by atoms with E-state index >= 15 is 0 Å². The topological polar surface area (TPSA) is 108 Å². The number of hydrogen-bond donors (Lipinski definition) is 3. The van der Waals surface area contributed by atoms with Crippen molar-refractivity contribution < 1.29 is 29.3 Å². The predicted octanol–water partition coefficient (Wildman–Crippen LogP) is 9.01. The number of ether oxygens (including phenoxy) is 2. The third-order valence-electron chi connectivity index (χ3n) is 9.52. The van der Waals surface area contributed by atoms with Crippen molar-refractivity contribution in [2.75, 3.05) is 19.6 Å². The second kappa shape index (κ2) is 24.4. The standard InChI is InChI=1S/C41H64N2O6/c1-3-5-7-9-11-15-27-43(28-16-12-10-8-6-4-2)31-37-29-38(35-23-21-34(32-44)22-24-35)49-41(48-37)36-25-19-33(20-26-36)30-42-39(45)17-13-14-18-40(46)47/h19-26,37-38,41,44H,3-18,27-32H2,1-2H3,(H,42,45)(H,46,47). The van der Waals surface area contributed by atoms with Crippen LogP contribution in [0.5, 0.6) is 0 Å². The van der Waals surface area contributed by atoms with Crippen molar-refractivity contribution in [3.05, 3.63) is 70.8 Å². The van der Waals surface area contributed by atoms with E-state index in [0.717, 1.165) is 48.3 Å². The van der Waals surface area contributed by atoms with Crippen LogP contribution in [0.1, 0.15) is 158 Å². The largest absolute Gasteiger partial charge is 0.481 e.